The van der Waals surface area contributed by atoms with Gasteiger partial charge in [-0.15, -0.1) is 0 Å². The number of hydrogen-bond acceptors (Lipinski definition) is 1. The van der Waals surface area contributed by atoms with E-state index in [1.807, 2.05) is 42.5 Å². The molecule has 3 rings (SSSR count). The second-order valence-electron chi connectivity index (χ2n) is 4.37. The molecule has 0 aliphatic heterocycles. The molecule has 2 unspecified atom stereocenters. The van der Waals surface area contributed by atoms with Crippen LogP contribution in [0, 0.1) is 0 Å². The van der Waals surface area contributed by atoms with Crippen molar-refractivity contribution in [1.82, 2.24) is 0 Å². The van der Waals surface area contributed by atoms with E-state index in [1.165, 1.54) is 11.1 Å². The van der Waals surface area contributed by atoms with Crippen LogP contribution in [-0.4, -0.2) is 5.11 Å². The van der Waals surface area contributed by atoms with E-state index in [9.17, 15) is 5.11 Å². The molecule has 1 nitrogen and oxygen atoms in total. The van der Waals surface area contributed by atoms with Crippen LogP contribution in [0.15, 0.2) is 60.7 Å². The highest BCUT2D eigenvalue weighted by Gasteiger charge is 2.24. The lowest BCUT2D eigenvalue weighted by Gasteiger charge is -2.18. The van der Waals surface area contributed by atoms with E-state index in [0.29, 0.717) is 0 Å². The first kappa shape index (κ1) is 10.3. The van der Waals surface area contributed by atoms with Crippen LogP contribution in [0.5, 0.6) is 0 Å². The molecule has 0 heterocycles. The quantitative estimate of drug-likeness (QED) is 0.824. The lowest BCUT2D eigenvalue weighted by atomic mass is 9.91. The molecule has 84 valence electrons. The van der Waals surface area contributed by atoms with Crippen LogP contribution in [0.25, 0.3) is 6.08 Å². The van der Waals surface area contributed by atoms with Crippen molar-refractivity contribution in [2.24, 2.45) is 0 Å². The predicted molar refractivity (Wildman–Crippen MR) is 69.6 cm³/mol. The van der Waals surface area contributed by atoms with Gasteiger partial charge in [-0.05, 0) is 16.7 Å². The minimum Gasteiger partial charge on any atom is -0.387 e. The highest BCUT2D eigenvalue weighted by atomic mass is 16.3. The smallest absolute Gasteiger partial charge is 0.0893 e. The van der Waals surface area contributed by atoms with Gasteiger partial charge in [0, 0.05) is 5.92 Å². The SMILES string of the molecule is OC(c1ccccc1)C1C=Cc2ccccc21. The summed E-state index contributed by atoms with van der Waals surface area (Å²) in [5.74, 6) is 0.0774. The minimum atomic E-state index is -0.462. The van der Waals surface area contributed by atoms with E-state index < -0.39 is 6.10 Å². The number of aliphatic hydroxyl groups is 1. The van der Waals surface area contributed by atoms with Gasteiger partial charge in [0.05, 0.1) is 6.10 Å². The van der Waals surface area contributed by atoms with Gasteiger partial charge in [-0.3, -0.25) is 0 Å². The number of benzene rings is 2. The van der Waals surface area contributed by atoms with Gasteiger partial charge >= 0.3 is 0 Å². The average molecular weight is 222 g/mol. The molecular weight excluding hydrogens is 208 g/mol. The first-order valence-electron chi connectivity index (χ1n) is 5.86. The summed E-state index contributed by atoms with van der Waals surface area (Å²) in [4.78, 5) is 0. The summed E-state index contributed by atoms with van der Waals surface area (Å²) >= 11 is 0. The average Bonchev–Trinajstić information content (AvgIpc) is 2.83. The molecule has 0 amide bonds. The number of hydrogen-bond donors (Lipinski definition) is 1. The topological polar surface area (TPSA) is 20.2 Å². The maximum Gasteiger partial charge on any atom is 0.0893 e. The fraction of sp³-hybridized carbons (Fsp3) is 0.125. The van der Waals surface area contributed by atoms with Crippen LogP contribution in [0.2, 0.25) is 0 Å². The summed E-state index contributed by atoms with van der Waals surface area (Å²) in [6.07, 6.45) is 3.71. The van der Waals surface area contributed by atoms with Gasteiger partial charge in [-0.25, -0.2) is 0 Å². The molecule has 0 bridgehead atoms. The number of rotatable bonds is 2. The first-order chi connectivity index (χ1) is 8.36. The second-order valence-corrected chi connectivity index (χ2v) is 4.37. The normalized spacial score (nSPS) is 19.0. The van der Waals surface area contributed by atoms with Gasteiger partial charge in [0.15, 0.2) is 0 Å². The Kier molecular flexibility index (Phi) is 2.54. The molecule has 1 N–H and O–H groups in total. The fourth-order valence-electron chi connectivity index (χ4n) is 2.41. The molecule has 0 radical (unpaired) electrons. The molecule has 17 heavy (non-hydrogen) atoms. The maximum absolute atomic E-state index is 10.4. The molecule has 2 aromatic rings. The summed E-state index contributed by atoms with van der Waals surface area (Å²) in [6.45, 7) is 0. The van der Waals surface area contributed by atoms with E-state index in [-0.39, 0.29) is 5.92 Å². The molecule has 1 aliphatic carbocycles. The molecule has 0 saturated heterocycles. The Bertz CT molecular complexity index is 542. The third-order valence-electron chi connectivity index (χ3n) is 3.32. The van der Waals surface area contributed by atoms with Gasteiger partial charge in [0.1, 0.15) is 0 Å². The summed E-state index contributed by atoms with van der Waals surface area (Å²) in [7, 11) is 0. The fourth-order valence-corrected chi connectivity index (χ4v) is 2.41. The maximum atomic E-state index is 10.4. The summed E-state index contributed by atoms with van der Waals surface area (Å²) in [5.41, 5.74) is 3.40. The van der Waals surface area contributed by atoms with Crippen molar-refractivity contribution in [3.05, 3.63) is 77.4 Å². The molecule has 1 heteroatoms. The Morgan fingerprint density at radius 2 is 1.59 bits per heavy atom. The molecule has 0 saturated carbocycles. The Morgan fingerprint density at radius 3 is 2.41 bits per heavy atom. The van der Waals surface area contributed by atoms with E-state index in [0.717, 1.165) is 5.56 Å². The molecule has 0 aromatic heterocycles. The van der Waals surface area contributed by atoms with Crippen molar-refractivity contribution in [3.8, 4) is 0 Å². The van der Waals surface area contributed by atoms with Crippen molar-refractivity contribution in [2.75, 3.05) is 0 Å². The third kappa shape index (κ3) is 1.79. The van der Waals surface area contributed by atoms with E-state index in [1.54, 1.807) is 0 Å². The van der Waals surface area contributed by atoms with Crippen LogP contribution in [-0.2, 0) is 0 Å². The first-order valence-corrected chi connectivity index (χ1v) is 5.86. The van der Waals surface area contributed by atoms with Gasteiger partial charge in [0.2, 0.25) is 0 Å². The molecule has 0 spiro atoms. The largest absolute Gasteiger partial charge is 0.387 e. The number of aliphatic hydroxyl groups excluding tert-OH is 1. The van der Waals surface area contributed by atoms with Crippen molar-refractivity contribution in [1.29, 1.82) is 0 Å². The standard InChI is InChI=1S/C16H14O/c17-16(13-7-2-1-3-8-13)15-11-10-12-6-4-5-9-14(12)15/h1-11,15-17H. The van der Waals surface area contributed by atoms with Gasteiger partial charge in [0.25, 0.3) is 0 Å². The highest BCUT2D eigenvalue weighted by molar-refractivity contribution is 5.63. The Labute approximate surface area is 101 Å². The van der Waals surface area contributed by atoms with Crippen molar-refractivity contribution in [3.63, 3.8) is 0 Å². The van der Waals surface area contributed by atoms with Gasteiger partial charge in [-0.2, -0.15) is 0 Å². The van der Waals surface area contributed by atoms with E-state index in [2.05, 4.69) is 24.3 Å². The molecule has 2 aromatic carbocycles. The van der Waals surface area contributed by atoms with Crippen LogP contribution in [0.1, 0.15) is 28.7 Å². The van der Waals surface area contributed by atoms with Crippen molar-refractivity contribution < 1.29 is 5.11 Å². The highest BCUT2D eigenvalue weighted by Crippen LogP contribution is 2.38. The second kappa shape index (κ2) is 4.19. The monoisotopic (exact) mass is 222 g/mol. The molecule has 2 atom stereocenters. The van der Waals surface area contributed by atoms with Crippen LogP contribution < -0.4 is 0 Å². The zero-order chi connectivity index (χ0) is 11.7. The number of fused-ring (bicyclic) bond motifs is 1. The third-order valence-corrected chi connectivity index (χ3v) is 3.32. The predicted octanol–water partition coefficient (Wildman–Crippen LogP) is 3.53. The summed E-state index contributed by atoms with van der Waals surface area (Å²) in [5, 5.41) is 10.4. The van der Waals surface area contributed by atoms with Gasteiger partial charge < -0.3 is 5.11 Å². The lowest BCUT2D eigenvalue weighted by Crippen LogP contribution is -2.07. The van der Waals surface area contributed by atoms with Crippen molar-refractivity contribution >= 4 is 6.08 Å². The van der Waals surface area contributed by atoms with Crippen molar-refractivity contribution in [2.45, 2.75) is 12.0 Å². The summed E-state index contributed by atoms with van der Waals surface area (Å²) < 4.78 is 0. The molecule has 0 fully saturated rings. The van der Waals surface area contributed by atoms with Crippen LogP contribution >= 0.6 is 0 Å². The molecular formula is C16H14O. The van der Waals surface area contributed by atoms with E-state index in [4.69, 9.17) is 0 Å². The van der Waals surface area contributed by atoms with E-state index >= 15 is 0 Å². The lowest BCUT2D eigenvalue weighted by molar-refractivity contribution is 0.163. The molecule has 1 aliphatic rings. The summed E-state index contributed by atoms with van der Waals surface area (Å²) in [6, 6.07) is 18.1. The van der Waals surface area contributed by atoms with Gasteiger partial charge in [-0.1, -0.05) is 66.7 Å². The minimum absolute atomic E-state index is 0.0774. The Morgan fingerprint density at radius 1 is 0.882 bits per heavy atom. The zero-order valence-corrected chi connectivity index (χ0v) is 9.45. The Balaban J connectivity index is 1.95. The zero-order valence-electron chi connectivity index (χ0n) is 9.45. The Hall–Kier alpha value is -1.86. The van der Waals surface area contributed by atoms with Crippen LogP contribution in [0.3, 0.4) is 0 Å². The van der Waals surface area contributed by atoms with Crippen LogP contribution in [0.4, 0.5) is 0 Å².